The van der Waals surface area contributed by atoms with Crippen molar-refractivity contribution in [1.82, 2.24) is 20.0 Å². The van der Waals surface area contributed by atoms with E-state index in [1.165, 1.54) is 18.8 Å². The van der Waals surface area contributed by atoms with Crippen molar-refractivity contribution in [1.29, 1.82) is 0 Å². The van der Waals surface area contributed by atoms with Gasteiger partial charge in [-0.2, -0.15) is 18.3 Å². The molecule has 0 spiro atoms. The van der Waals surface area contributed by atoms with E-state index in [0.717, 1.165) is 9.58 Å². The SMILES string of the molecule is CC1=C(C(=O)O)N2C(=O)[C@@H](NC(=O)c3c(Br)c(C(F)(F)F)nn3C)[C@H]2SC1. The summed E-state index contributed by atoms with van der Waals surface area (Å²) in [4.78, 5) is 37.2. The number of hydrogen-bond donors (Lipinski definition) is 2. The molecule has 0 saturated carbocycles. The lowest BCUT2D eigenvalue weighted by molar-refractivity contribution is -0.148. The second-order valence-corrected chi connectivity index (χ2v) is 7.83. The van der Waals surface area contributed by atoms with Gasteiger partial charge in [0.1, 0.15) is 22.8 Å². The number of hydrogen-bond acceptors (Lipinski definition) is 5. The Labute approximate surface area is 162 Å². The molecule has 1 aromatic heterocycles. The first-order valence-corrected chi connectivity index (χ1v) is 9.27. The average Bonchev–Trinajstić information content (AvgIpc) is 2.86. The molecule has 2 N–H and O–H groups in total. The van der Waals surface area contributed by atoms with Crippen LogP contribution in [0.4, 0.5) is 13.2 Å². The number of thioether (sulfide) groups is 1. The molecule has 2 amide bonds. The second kappa shape index (κ2) is 6.55. The van der Waals surface area contributed by atoms with Crippen LogP contribution in [0, 0.1) is 0 Å². The van der Waals surface area contributed by atoms with E-state index in [4.69, 9.17) is 0 Å². The molecule has 27 heavy (non-hydrogen) atoms. The summed E-state index contributed by atoms with van der Waals surface area (Å²) >= 11 is 4.00. The van der Waals surface area contributed by atoms with Gasteiger partial charge in [-0.25, -0.2) is 4.79 Å². The van der Waals surface area contributed by atoms with Gasteiger partial charge >= 0.3 is 12.1 Å². The van der Waals surface area contributed by atoms with Crippen LogP contribution < -0.4 is 5.32 Å². The number of aromatic nitrogens is 2. The van der Waals surface area contributed by atoms with E-state index in [1.807, 2.05) is 0 Å². The van der Waals surface area contributed by atoms with Crippen molar-refractivity contribution < 1.29 is 32.7 Å². The Morgan fingerprint density at radius 2 is 2.04 bits per heavy atom. The van der Waals surface area contributed by atoms with Crippen molar-refractivity contribution in [3.63, 3.8) is 0 Å². The second-order valence-electron chi connectivity index (χ2n) is 5.93. The number of carbonyl (C=O) groups excluding carboxylic acids is 2. The monoisotopic (exact) mass is 468 g/mol. The number of β-lactam (4-membered cyclic amide) rings is 1. The Morgan fingerprint density at radius 3 is 2.56 bits per heavy atom. The third-order valence-corrected chi connectivity index (χ3v) is 6.30. The number of rotatable bonds is 3. The first-order valence-electron chi connectivity index (χ1n) is 7.43. The number of aliphatic carboxylic acids is 1. The van der Waals surface area contributed by atoms with Crippen molar-refractivity contribution in [2.24, 2.45) is 7.05 Å². The number of aryl methyl sites for hydroxylation is 1. The largest absolute Gasteiger partial charge is 0.477 e. The summed E-state index contributed by atoms with van der Waals surface area (Å²) in [6, 6.07) is -1.04. The summed E-state index contributed by atoms with van der Waals surface area (Å²) in [5.41, 5.74) is -1.25. The van der Waals surface area contributed by atoms with Gasteiger partial charge < -0.3 is 10.4 Å². The van der Waals surface area contributed by atoms with Crippen molar-refractivity contribution in [2.45, 2.75) is 24.5 Å². The molecular formula is C14H12BrF3N4O4S. The lowest BCUT2D eigenvalue weighted by Gasteiger charge is -2.49. The topological polar surface area (TPSA) is 105 Å². The van der Waals surface area contributed by atoms with Gasteiger partial charge in [0, 0.05) is 12.8 Å². The van der Waals surface area contributed by atoms with Crippen LogP contribution in [0.25, 0.3) is 0 Å². The van der Waals surface area contributed by atoms with Gasteiger partial charge in [-0.05, 0) is 28.4 Å². The van der Waals surface area contributed by atoms with Crippen molar-refractivity contribution >= 4 is 45.5 Å². The van der Waals surface area contributed by atoms with Gasteiger partial charge in [0.15, 0.2) is 5.69 Å². The van der Waals surface area contributed by atoms with Crippen molar-refractivity contribution in [3.05, 3.63) is 27.1 Å². The fraction of sp³-hybridized carbons (Fsp3) is 0.429. The Balaban J connectivity index is 1.83. The van der Waals surface area contributed by atoms with Crippen LogP contribution in [0.1, 0.15) is 23.1 Å². The zero-order chi connectivity index (χ0) is 20.3. The van der Waals surface area contributed by atoms with E-state index >= 15 is 0 Å². The van der Waals surface area contributed by atoms with Crippen LogP contribution in [0.15, 0.2) is 15.7 Å². The Bertz CT molecular complexity index is 898. The van der Waals surface area contributed by atoms with Crippen molar-refractivity contribution in [2.75, 3.05) is 5.75 Å². The Hall–Kier alpha value is -2.02. The predicted octanol–water partition coefficient (Wildman–Crippen LogP) is 1.57. The molecule has 3 heterocycles. The Kier molecular flexibility index (Phi) is 4.78. The van der Waals surface area contributed by atoms with Crippen LogP contribution in [-0.4, -0.2) is 54.7 Å². The number of alkyl halides is 3. The molecular weight excluding hydrogens is 457 g/mol. The van der Waals surface area contributed by atoms with Crippen molar-refractivity contribution in [3.8, 4) is 0 Å². The highest BCUT2D eigenvalue weighted by Crippen LogP contribution is 2.40. The molecule has 0 aromatic carbocycles. The normalized spacial score (nSPS) is 22.4. The maximum absolute atomic E-state index is 12.9. The van der Waals surface area contributed by atoms with Crippen LogP contribution in [0.5, 0.6) is 0 Å². The first kappa shape index (κ1) is 19.7. The van der Waals surface area contributed by atoms with E-state index in [9.17, 15) is 32.7 Å². The zero-order valence-corrected chi connectivity index (χ0v) is 16.2. The number of amides is 2. The Morgan fingerprint density at radius 1 is 1.41 bits per heavy atom. The number of halogens is 4. The summed E-state index contributed by atoms with van der Waals surface area (Å²) in [5.74, 6) is -2.45. The van der Waals surface area contributed by atoms with Crippen LogP contribution in [-0.2, 0) is 22.8 Å². The maximum Gasteiger partial charge on any atom is 0.436 e. The lowest BCUT2D eigenvalue weighted by atomic mass is 10.0. The molecule has 0 aliphatic carbocycles. The zero-order valence-electron chi connectivity index (χ0n) is 13.8. The number of carbonyl (C=O) groups is 3. The predicted molar refractivity (Wildman–Crippen MR) is 90.6 cm³/mol. The van der Waals surface area contributed by atoms with Crippen LogP contribution in [0.2, 0.25) is 0 Å². The van der Waals surface area contributed by atoms with E-state index in [2.05, 4.69) is 26.3 Å². The van der Waals surface area contributed by atoms with Gasteiger partial charge in [-0.15, -0.1) is 11.8 Å². The molecule has 1 aromatic rings. The summed E-state index contributed by atoms with van der Waals surface area (Å²) in [7, 11) is 1.17. The molecule has 146 valence electrons. The third-order valence-electron chi connectivity index (χ3n) is 4.12. The third kappa shape index (κ3) is 3.12. The minimum absolute atomic E-state index is 0.129. The standard InChI is InChI=1S/C14H12BrF3N4O4S/c1-4-3-27-12-6(11(24)22(12)7(4)13(25)26)19-10(23)8-5(15)9(14(16,17)18)20-21(8)2/h6,12H,3H2,1-2H3,(H,19,23)(H,25,26)/t6-,12-/m1/s1. The average molecular weight is 469 g/mol. The number of carboxylic acids is 1. The molecule has 1 fully saturated rings. The summed E-state index contributed by atoms with van der Waals surface area (Å²) in [6.07, 6.45) is -4.75. The summed E-state index contributed by atoms with van der Waals surface area (Å²) < 4.78 is 39.0. The molecule has 8 nitrogen and oxygen atoms in total. The quantitative estimate of drug-likeness (QED) is 0.652. The molecule has 2 aliphatic rings. The van der Waals surface area contributed by atoms with E-state index in [0.29, 0.717) is 11.3 Å². The first-order chi connectivity index (χ1) is 12.4. The highest BCUT2D eigenvalue weighted by molar-refractivity contribution is 9.10. The van der Waals surface area contributed by atoms with Gasteiger partial charge in [0.05, 0.1) is 4.47 Å². The van der Waals surface area contributed by atoms with Gasteiger partial charge in [0.2, 0.25) is 0 Å². The van der Waals surface area contributed by atoms with Gasteiger partial charge in [0.25, 0.3) is 11.8 Å². The van der Waals surface area contributed by atoms with Gasteiger partial charge in [-0.1, -0.05) is 0 Å². The summed E-state index contributed by atoms with van der Waals surface area (Å²) in [6.45, 7) is 1.59. The maximum atomic E-state index is 12.9. The molecule has 13 heteroatoms. The number of fused-ring (bicyclic) bond motifs is 1. The lowest BCUT2D eigenvalue weighted by Crippen LogP contribution is -2.70. The number of carboxylic acid groups (broad SMARTS) is 1. The molecule has 1 saturated heterocycles. The van der Waals surface area contributed by atoms with Gasteiger partial charge in [-0.3, -0.25) is 19.2 Å². The smallest absolute Gasteiger partial charge is 0.436 e. The minimum Gasteiger partial charge on any atom is -0.477 e. The van der Waals surface area contributed by atoms with E-state index < -0.39 is 45.5 Å². The highest BCUT2D eigenvalue weighted by atomic mass is 79.9. The molecule has 3 rings (SSSR count). The molecule has 0 radical (unpaired) electrons. The molecule has 2 aliphatic heterocycles. The van der Waals surface area contributed by atoms with E-state index in [1.54, 1.807) is 6.92 Å². The number of nitrogens with one attached hydrogen (secondary N) is 1. The fourth-order valence-electron chi connectivity index (χ4n) is 2.91. The van der Waals surface area contributed by atoms with Crippen LogP contribution in [0.3, 0.4) is 0 Å². The summed E-state index contributed by atoms with van der Waals surface area (Å²) in [5, 5.41) is 14.3. The molecule has 0 unspecified atom stereocenters. The number of nitrogens with zero attached hydrogens (tertiary/aromatic N) is 3. The van der Waals surface area contributed by atoms with E-state index in [-0.39, 0.29) is 11.4 Å². The minimum atomic E-state index is -4.75. The molecule has 2 atom stereocenters. The fourth-order valence-corrected chi connectivity index (χ4v) is 4.94. The van der Waals surface area contributed by atoms with Crippen LogP contribution >= 0.6 is 27.7 Å². The molecule has 0 bridgehead atoms. The highest BCUT2D eigenvalue weighted by Gasteiger charge is 2.54.